The number of phenols is 2. The third-order valence-corrected chi connectivity index (χ3v) is 7.64. The zero-order chi connectivity index (χ0) is 30.0. The Labute approximate surface area is 230 Å². The summed E-state index contributed by atoms with van der Waals surface area (Å²) in [5, 5.41) is 45.7. The first-order valence-corrected chi connectivity index (χ1v) is 12.5. The maximum absolute atomic E-state index is 13.4. The minimum absolute atomic E-state index is 0.00488. The molecule has 3 aliphatic rings. The monoisotopic (exact) mass is 575 g/mol. The smallest absolute Gasteiger partial charge is 0.471 e. The number of fused-ring (bicyclic) bond motifs is 3. The number of benzene rings is 2. The number of hydrogen-bond donors (Lipinski definition) is 5. The highest BCUT2D eigenvalue weighted by atomic mass is 19.4. The number of nitrogens with one attached hydrogen (secondary N) is 1. The van der Waals surface area contributed by atoms with Crippen LogP contribution in [0.1, 0.15) is 68.8 Å². The number of ketones is 2. The molecule has 5 N–H and O–H groups in total. The van der Waals surface area contributed by atoms with Crippen LogP contribution >= 0.6 is 0 Å². The van der Waals surface area contributed by atoms with Gasteiger partial charge in [0.25, 0.3) is 0 Å². The lowest BCUT2D eigenvalue weighted by Gasteiger charge is -2.42. The molecule has 1 fully saturated rings. The summed E-state index contributed by atoms with van der Waals surface area (Å²) in [6, 6.07) is 4.37. The molecule has 216 valence electrons. The van der Waals surface area contributed by atoms with E-state index in [1.54, 1.807) is 5.32 Å². The number of aromatic hydroxyl groups is 2. The number of aliphatic hydroxyl groups is 2. The second kappa shape index (κ2) is 9.85. The van der Waals surface area contributed by atoms with E-state index in [4.69, 9.17) is 15.9 Å². The number of carbonyl (C=O) groups excluding carboxylic acids is 3. The maximum Gasteiger partial charge on any atom is 0.471 e. The van der Waals surface area contributed by atoms with Crippen LogP contribution in [-0.2, 0) is 20.7 Å². The Morgan fingerprint density at radius 1 is 1.15 bits per heavy atom. The van der Waals surface area contributed by atoms with Gasteiger partial charge in [-0.1, -0.05) is 30.2 Å². The number of hydrogen-bond acceptors (Lipinski definition) is 9. The molecule has 0 aromatic heterocycles. The highest BCUT2D eigenvalue weighted by Gasteiger charge is 2.48. The van der Waals surface area contributed by atoms with Crippen LogP contribution in [0.15, 0.2) is 24.3 Å². The molecular formula is C28H24F3NO9. The number of ether oxygens (including phenoxy) is 2. The molecule has 0 bridgehead atoms. The molecule has 13 heteroatoms. The van der Waals surface area contributed by atoms with Crippen molar-refractivity contribution in [1.29, 1.82) is 0 Å². The summed E-state index contributed by atoms with van der Waals surface area (Å²) in [5.74, 6) is -2.97. The molecule has 0 spiro atoms. The van der Waals surface area contributed by atoms with Gasteiger partial charge >= 0.3 is 12.1 Å². The van der Waals surface area contributed by atoms with Gasteiger partial charge in [-0.3, -0.25) is 14.4 Å². The summed E-state index contributed by atoms with van der Waals surface area (Å²) in [7, 11) is 0. The minimum Gasteiger partial charge on any atom is -0.507 e. The predicted molar refractivity (Wildman–Crippen MR) is 132 cm³/mol. The van der Waals surface area contributed by atoms with E-state index in [0.717, 1.165) is 0 Å². The van der Waals surface area contributed by atoms with Gasteiger partial charge in [-0.05, 0) is 6.92 Å². The summed E-state index contributed by atoms with van der Waals surface area (Å²) in [5.41, 5.74) is -3.25. The van der Waals surface area contributed by atoms with Crippen molar-refractivity contribution in [3.8, 4) is 23.8 Å². The summed E-state index contributed by atoms with van der Waals surface area (Å²) >= 11 is 0. The van der Waals surface area contributed by atoms with Crippen LogP contribution in [0.4, 0.5) is 13.2 Å². The van der Waals surface area contributed by atoms with Gasteiger partial charge in [0.05, 0.1) is 29.4 Å². The Bertz CT molecular complexity index is 1510. The van der Waals surface area contributed by atoms with Gasteiger partial charge in [0, 0.05) is 41.5 Å². The van der Waals surface area contributed by atoms with Gasteiger partial charge in [0.2, 0.25) is 0 Å². The fraction of sp³-hybridized carbons (Fsp3) is 0.393. The van der Waals surface area contributed by atoms with Crippen LogP contribution < -0.4 is 5.32 Å². The first kappa shape index (κ1) is 28.6. The molecule has 1 heterocycles. The van der Waals surface area contributed by atoms with Crippen molar-refractivity contribution >= 4 is 17.5 Å². The Balaban J connectivity index is 1.56. The molecule has 0 saturated carbocycles. The molecule has 1 saturated heterocycles. The molecule has 1 amide bonds. The number of amides is 1. The zero-order valence-corrected chi connectivity index (χ0v) is 21.4. The third kappa shape index (κ3) is 4.72. The normalized spacial score (nSPS) is 29.1. The van der Waals surface area contributed by atoms with E-state index in [0.29, 0.717) is 0 Å². The summed E-state index contributed by atoms with van der Waals surface area (Å²) in [6.07, 6.45) is -6.44. The van der Waals surface area contributed by atoms with Crippen molar-refractivity contribution in [3.05, 3.63) is 57.6 Å². The van der Waals surface area contributed by atoms with Crippen molar-refractivity contribution in [1.82, 2.24) is 5.32 Å². The molecule has 41 heavy (non-hydrogen) atoms. The summed E-state index contributed by atoms with van der Waals surface area (Å²) < 4.78 is 50.1. The number of phenolic OH excluding ortho intramolecular Hbond substituents is 2. The fourth-order valence-corrected chi connectivity index (χ4v) is 5.62. The second-order valence-corrected chi connectivity index (χ2v) is 10.3. The average molecular weight is 575 g/mol. The molecule has 2 aromatic rings. The molecule has 1 aliphatic heterocycles. The van der Waals surface area contributed by atoms with E-state index < -0.39 is 102 Å². The first-order chi connectivity index (χ1) is 19.2. The lowest BCUT2D eigenvalue weighted by atomic mass is 9.73. The quantitative estimate of drug-likeness (QED) is 0.232. The van der Waals surface area contributed by atoms with Crippen molar-refractivity contribution < 1.29 is 57.5 Å². The van der Waals surface area contributed by atoms with Crippen LogP contribution in [0.2, 0.25) is 0 Å². The van der Waals surface area contributed by atoms with Crippen molar-refractivity contribution in [3.63, 3.8) is 0 Å². The van der Waals surface area contributed by atoms with Crippen molar-refractivity contribution in [2.45, 2.75) is 68.6 Å². The summed E-state index contributed by atoms with van der Waals surface area (Å²) in [6.45, 7) is 1.33. The van der Waals surface area contributed by atoms with Crippen LogP contribution in [-0.4, -0.2) is 74.2 Å². The number of halogens is 3. The predicted octanol–water partition coefficient (Wildman–Crippen LogP) is 1.78. The van der Waals surface area contributed by atoms with E-state index in [9.17, 15) is 48.0 Å². The third-order valence-electron chi connectivity index (χ3n) is 7.64. The second-order valence-electron chi connectivity index (χ2n) is 10.3. The molecule has 10 nitrogen and oxygen atoms in total. The van der Waals surface area contributed by atoms with Gasteiger partial charge in [-0.25, -0.2) is 0 Å². The topological polar surface area (TPSA) is 163 Å². The lowest BCUT2D eigenvalue weighted by Crippen LogP contribution is -2.57. The summed E-state index contributed by atoms with van der Waals surface area (Å²) in [4.78, 5) is 38.2. The Kier molecular flexibility index (Phi) is 6.86. The molecule has 2 aromatic carbocycles. The molecule has 4 unspecified atom stereocenters. The van der Waals surface area contributed by atoms with Gasteiger partial charge in [0.1, 0.15) is 23.2 Å². The highest BCUT2D eigenvalue weighted by molar-refractivity contribution is 6.30. The van der Waals surface area contributed by atoms with Gasteiger partial charge in [-0.15, -0.1) is 6.42 Å². The largest absolute Gasteiger partial charge is 0.507 e. The van der Waals surface area contributed by atoms with E-state index in [1.807, 2.05) is 0 Å². The van der Waals surface area contributed by atoms with Crippen LogP contribution in [0.3, 0.4) is 0 Å². The zero-order valence-electron chi connectivity index (χ0n) is 21.4. The standard InChI is InChI=1S/C28H24F3NO9/c1-3-27(39)9-14-18(25(37)20-19(24(14)36)22(34)12-6-4-5-7-13(12)23(20)35)16(10-27)41-17-8-15(21(33)11(2)40-17)32-26(38)28(29,30)31/h1,4-7,11,15-17,21,33,36-37,39H,8-10H2,2H3,(H,32,38)/t11?,15?,16-,17?,21?,27-/m1/s1. The van der Waals surface area contributed by atoms with E-state index >= 15 is 0 Å². The molecular weight excluding hydrogens is 551 g/mol. The Morgan fingerprint density at radius 3 is 2.29 bits per heavy atom. The van der Waals surface area contributed by atoms with Crippen LogP contribution in [0, 0.1) is 12.3 Å². The van der Waals surface area contributed by atoms with Crippen LogP contribution in [0.25, 0.3) is 0 Å². The number of rotatable bonds is 3. The number of alkyl halides is 3. The van der Waals surface area contributed by atoms with E-state index in [-0.39, 0.29) is 22.3 Å². The molecule has 0 radical (unpaired) electrons. The molecule has 6 atom stereocenters. The average Bonchev–Trinajstić information content (AvgIpc) is 2.91. The van der Waals surface area contributed by atoms with Gasteiger partial charge in [0.15, 0.2) is 17.9 Å². The molecule has 5 rings (SSSR count). The number of carbonyl (C=O) groups is 3. The van der Waals surface area contributed by atoms with Crippen molar-refractivity contribution in [2.24, 2.45) is 0 Å². The lowest BCUT2D eigenvalue weighted by molar-refractivity contribution is -0.249. The van der Waals surface area contributed by atoms with Crippen LogP contribution in [0.5, 0.6) is 11.5 Å². The molecule has 2 aliphatic carbocycles. The highest BCUT2D eigenvalue weighted by Crippen LogP contribution is 2.51. The number of terminal acetylenes is 1. The fourth-order valence-electron chi connectivity index (χ4n) is 5.62. The SMILES string of the molecule is C#C[C@@]1(O)Cc2c(O)c3c(c(O)c2[C@H](OC2CC(NC(=O)C(F)(F)F)C(O)C(C)O2)C1)C(=O)c1ccccc1C3=O. The Hall–Kier alpha value is -3.96. The number of aliphatic hydroxyl groups excluding tert-OH is 1. The Morgan fingerprint density at radius 2 is 1.73 bits per heavy atom. The van der Waals surface area contributed by atoms with Gasteiger partial charge in [-0.2, -0.15) is 13.2 Å². The van der Waals surface area contributed by atoms with E-state index in [2.05, 4.69) is 5.92 Å². The maximum atomic E-state index is 13.4. The van der Waals surface area contributed by atoms with Crippen molar-refractivity contribution in [2.75, 3.05) is 0 Å². The van der Waals surface area contributed by atoms with Gasteiger partial charge < -0.3 is 35.2 Å². The first-order valence-electron chi connectivity index (χ1n) is 12.5. The minimum atomic E-state index is -5.21. The van der Waals surface area contributed by atoms with E-state index in [1.165, 1.54) is 31.2 Å².